The molecule has 1 aliphatic rings. The van der Waals surface area contributed by atoms with Crippen molar-refractivity contribution < 1.29 is 0 Å². The molecular formula is C14H14N4. The second kappa shape index (κ2) is 4.19. The molecule has 3 rings (SSSR count). The van der Waals surface area contributed by atoms with Gasteiger partial charge in [0, 0.05) is 24.7 Å². The van der Waals surface area contributed by atoms with E-state index in [0.717, 1.165) is 35.5 Å². The predicted molar refractivity (Wildman–Crippen MR) is 70.6 cm³/mol. The van der Waals surface area contributed by atoms with Crippen LogP contribution in [-0.2, 0) is 0 Å². The Kier molecular flexibility index (Phi) is 2.52. The van der Waals surface area contributed by atoms with Gasteiger partial charge in [0.05, 0.1) is 17.0 Å². The molecule has 0 radical (unpaired) electrons. The first kappa shape index (κ1) is 10.8. The highest BCUT2D eigenvalue weighted by Gasteiger charge is 2.20. The molecule has 1 aliphatic heterocycles. The molecule has 18 heavy (non-hydrogen) atoms. The van der Waals surface area contributed by atoms with Gasteiger partial charge in [-0.05, 0) is 25.0 Å². The van der Waals surface area contributed by atoms with Gasteiger partial charge in [0.25, 0.3) is 0 Å². The molecule has 0 unspecified atom stereocenters. The minimum atomic E-state index is 0.648. The minimum absolute atomic E-state index is 0.648. The Morgan fingerprint density at radius 3 is 2.94 bits per heavy atom. The Hall–Kier alpha value is -2.28. The summed E-state index contributed by atoms with van der Waals surface area (Å²) in [7, 11) is 0. The van der Waals surface area contributed by atoms with Crippen molar-refractivity contribution in [2.24, 2.45) is 0 Å². The van der Waals surface area contributed by atoms with E-state index < -0.39 is 0 Å². The van der Waals surface area contributed by atoms with Crippen LogP contribution in [0.1, 0.15) is 24.1 Å². The van der Waals surface area contributed by atoms with Crippen LogP contribution in [0, 0.1) is 11.3 Å². The summed E-state index contributed by atoms with van der Waals surface area (Å²) in [5, 5.41) is 10.2. The smallest absolute Gasteiger partial charge is 0.139 e. The Balaban J connectivity index is 2.11. The van der Waals surface area contributed by atoms with Crippen LogP contribution in [0.25, 0.3) is 16.7 Å². The van der Waals surface area contributed by atoms with Gasteiger partial charge < -0.3 is 9.88 Å². The third kappa shape index (κ3) is 1.56. The Bertz CT molecular complexity index is 641. The van der Waals surface area contributed by atoms with Crippen LogP contribution in [0.15, 0.2) is 24.9 Å². The van der Waals surface area contributed by atoms with E-state index in [-0.39, 0.29) is 0 Å². The molecule has 0 saturated carbocycles. The summed E-state index contributed by atoms with van der Waals surface area (Å²) in [4.78, 5) is 9.70. The molecule has 0 aromatic carbocycles. The lowest BCUT2D eigenvalue weighted by molar-refractivity contribution is 0.492. The van der Waals surface area contributed by atoms with Crippen LogP contribution >= 0.6 is 0 Å². The number of rotatable bonds is 2. The first-order valence-corrected chi connectivity index (χ1v) is 6.12. The molecule has 0 amide bonds. The summed E-state index contributed by atoms with van der Waals surface area (Å²) >= 11 is 0. The van der Waals surface area contributed by atoms with Gasteiger partial charge in [0.2, 0.25) is 0 Å². The largest absolute Gasteiger partial charge is 0.370 e. The average molecular weight is 238 g/mol. The molecule has 1 N–H and O–H groups in total. The number of likely N-dealkylation sites (tertiary alicyclic amines) is 1. The van der Waals surface area contributed by atoms with Crippen molar-refractivity contribution in [1.29, 1.82) is 5.26 Å². The van der Waals surface area contributed by atoms with Gasteiger partial charge in [0.15, 0.2) is 0 Å². The lowest BCUT2D eigenvalue weighted by atomic mass is 10.1. The fourth-order valence-corrected chi connectivity index (χ4v) is 2.50. The van der Waals surface area contributed by atoms with Crippen LogP contribution < -0.4 is 0 Å². The molecule has 2 aromatic heterocycles. The fraction of sp³-hybridized carbons (Fsp3) is 0.286. The van der Waals surface area contributed by atoms with E-state index in [1.165, 1.54) is 12.8 Å². The number of H-pyrrole nitrogens is 1. The van der Waals surface area contributed by atoms with Gasteiger partial charge >= 0.3 is 0 Å². The first-order chi connectivity index (χ1) is 8.81. The number of fused-ring (bicyclic) bond motifs is 1. The molecule has 1 fully saturated rings. The molecule has 4 nitrogen and oxygen atoms in total. The zero-order valence-corrected chi connectivity index (χ0v) is 10.1. The van der Waals surface area contributed by atoms with Crippen LogP contribution in [0.5, 0.6) is 0 Å². The molecule has 0 spiro atoms. The third-order valence-corrected chi connectivity index (χ3v) is 3.46. The maximum absolute atomic E-state index is 9.34. The van der Waals surface area contributed by atoms with Gasteiger partial charge in [-0.15, -0.1) is 0 Å². The van der Waals surface area contributed by atoms with Crippen molar-refractivity contribution in [1.82, 2.24) is 14.9 Å². The molecule has 0 aliphatic carbocycles. The van der Waals surface area contributed by atoms with E-state index in [1.54, 1.807) is 6.20 Å². The topological polar surface area (TPSA) is 55.7 Å². The lowest BCUT2D eigenvalue weighted by Gasteiger charge is -2.19. The summed E-state index contributed by atoms with van der Waals surface area (Å²) in [6.45, 7) is 6.17. The number of pyridine rings is 1. The molecular weight excluding hydrogens is 224 g/mol. The number of aromatic amines is 1. The number of hydrogen-bond acceptors (Lipinski definition) is 3. The highest BCUT2D eigenvalue weighted by atomic mass is 15.2. The van der Waals surface area contributed by atoms with E-state index in [2.05, 4.69) is 27.5 Å². The summed E-state index contributed by atoms with van der Waals surface area (Å²) in [5.74, 6) is 0. The zero-order chi connectivity index (χ0) is 12.5. The van der Waals surface area contributed by atoms with Crippen LogP contribution in [-0.4, -0.2) is 28.0 Å². The van der Waals surface area contributed by atoms with Crippen LogP contribution in [0.4, 0.5) is 0 Å². The van der Waals surface area contributed by atoms with E-state index >= 15 is 0 Å². The lowest BCUT2D eigenvalue weighted by Crippen LogP contribution is -2.17. The molecule has 3 heterocycles. The quantitative estimate of drug-likeness (QED) is 0.874. The molecule has 1 saturated heterocycles. The summed E-state index contributed by atoms with van der Waals surface area (Å²) in [6.07, 6.45) is 4.11. The second-order valence-corrected chi connectivity index (χ2v) is 4.53. The monoisotopic (exact) mass is 238 g/mol. The van der Waals surface area contributed by atoms with Crippen molar-refractivity contribution >= 4 is 16.7 Å². The number of nitriles is 1. The van der Waals surface area contributed by atoms with Crippen molar-refractivity contribution in [2.45, 2.75) is 12.8 Å². The number of hydrogen-bond donors (Lipinski definition) is 1. The Morgan fingerprint density at radius 2 is 2.22 bits per heavy atom. The van der Waals surface area contributed by atoms with Crippen molar-refractivity contribution in [3.05, 3.63) is 36.2 Å². The highest BCUT2D eigenvalue weighted by Crippen LogP contribution is 2.28. The molecule has 90 valence electrons. The maximum atomic E-state index is 9.34. The van der Waals surface area contributed by atoms with Crippen molar-refractivity contribution in [3.8, 4) is 6.07 Å². The minimum Gasteiger partial charge on any atom is -0.370 e. The Morgan fingerprint density at radius 1 is 1.44 bits per heavy atom. The standard InChI is InChI=1S/C14H14N4/c1-10(18-7-2-3-8-18)13-12(9-15)11-5-4-6-16-14(11)17-13/h4-6H,1-3,7-8H2,(H,16,17). The summed E-state index contributed by atoms with van der Waals surface area (Å²) in [5.41, 5.74) is 3.12. The molecule has 0 atom stereocenters. The zero-order valence-electron chi connectivity index (χ0n) is 10.1. The Labute approximate surface area is 106 Å². The maximum Gasteiger partial charge on any atom is 0.139 e. The average Bonchev–Trinajstić information content (AvgIpc) is 3.04. The SMILES string of the molecule is C=C(c1[nH]c2ncccc2c1C#N)N1CCCC1. The van der Waals surface area contributed by atoms with E-state index in [4.69, 9.17) is 0 Å². The van der Waals surface area contributed by atoms with E-state index in [9.17, 15) is 5.26 Å². The highest BCUT2D eigenvalue weighted by molar-refractivity contribution is 5.88. The number of aromatic nitrogens is 2. The molecule has 0 bridgehead atoms. The van der Waals surface area contributed by atoms with Gasteiger partial charge in [-0.1, -0.05) is 6.58 Å². The fourth-order valence-electron chi connectivity index (χ4n) is 2.50. The summed E-state index contributed by atoms with van der Waals surface area (Å²) in [6, 6.07) is 6.03. The van der Waals surface area contributed by atoms with Crippen LogP contribution in [0.3, 0.4) is 0 Å². The van der Waals surface area contributed by atoms with Gasteiger partial charge in [-0.2, -0.15) is 5.26 Å². The van der Waals surface area contributed by atoms with Crippen LogP contribution in [0.2, 0.25) is 0 Å². The number of nitrogens with one attached hydrogen (secondary N) is 1. The third-order valence-electron chi connectivity index (χ3n) is 3.46. The van der Waals surface area contributed by atoms with Gasteiger partial charge in [-0.3, -0.25) is 0 Å². The second-order valence-electron chi connectivity index (χ2n) is 4.53. The summed E-state index contributed by atoms with van der Waals surface area (Å²) < 4.78 is 0. The predicted octanol–water partition coefficient (Wildman–Crippen LogP) is 2.50. The van der Waals surface area contributed by atoms with Gasteiger partial charge in [0.1, 0.15) is 11.7 Å². The van der Waals surface area contributed by atoms with E-state index in [1.807, 2.05) is 12.1 Å². The number of nitrogens with zero attached hydrogens (tertiary/aromatic N) is 3. The molecule has 4 heteroatoms. The first-order valence-electron chi connectivity index (χ1n) is 6.12. The normalized spacial score (nSPS) is 14.9. The molecule has 2 aromatic rings. The van der Waals surface area contributed by atoms with E-state index in [0.29, 0.717) is 5.56 Å². The van der Waals surface area contributed by atoms with Crippen molar-refractivity contribution in [2.75, 3.05) is 13.1 Å². The van der Waals surface area contributed by atoms with Gasteiger partial charge in [-0.25, -0.2) is 4.98 Å². The van der Waals surface area contributed by atoms with Crippen molar-refractivity contribution in [3.63, 3.8) is 0 Å².